The van der Waals surface area contributed by atoms with Gasteiger partial charge in [0.25, 0.3) is 5.91 Å². The molecule has 16 heteroatoms. The summed E-state index contributed by atoms with van der Waals surface area (Å²) in [6, 6.07) is 1.83. The number of phenolic OH excluding ortho intramolecular Hbond substituents is 2. The summed E-state index contributed by atoms with van der Waals surface area (Å²) in [6.07, 6.45) is -4.81. The lowest BCUT2D eigenvalue weighted by Crippen LogP contribution is -2.51. The quantitative estimate of drug-likeness (QED) is 0.257. The van der Waals surface area contributed by atoms with Gasteiger partial charge in [0.15, 0.2) is 30.7 Å². The SMILES string of the molecule is C[C@@H]1O[C@@H](O[C@@H]2C[C@H](O)c3c(oc4c5c6c(c(O)c4c3=O)-c3c(cc4c(c3O)C(=O)N3CCO[C@@]3(C)C4)C[C@@H]6OCO5)[C@H]2O)CC[C@H]1O[C@@H]1CC[C@H](O)[C@@H](C)O1. The lowest BCUT2D eigenvalue weighted by molar-refractivity contribution is -0.293. The van der Waals surface area contributed by atoms with Crippen molar-refractivity contribution in [3.05, 3.63) is 49.9 Å². The van der Waals surface area contributed by atoms with Crippen LogP contribution in [0.1, 0.15) is 110 Å². The van der Waals surface area contributed by atoms with Gasteiger partial charge in [-0.2, -0.15) is 0 Å². The maximum Gasteiger partial charge on any atom is 0.260 e. The zero-order valence-corrected chi connectivity index (χ0v) is 31.2. The highest BCUT2D eigenvalue weighted by molar-refractivity contribution is 6.06. The highest BCUT2D eigenvalue weighted by Crippen LogP contribution is 2.58. The summed E-state index contributed by atoms with van der Waals surface area (Å²) in [5.74, 6) is -1.40. The van der Waals surface area contributed by atoms with Gasteiger partial charge in [-0.25, -0.2) is 0 Å². The molecule has 3 fully saturated rings. The number of hydrogen-bond donors (Lipinski definition) is 5. The highest BCUT2D eigenvalue weighted by Gasteiger charge is 2.50. The number of rotatable bonds is 4. The molecule has 16 nitrogen and oxygen atoms in total. The molecule has 2 aromatic carbocycles. The predicted octanol–water partition coefficient (Wildman–Crippen LogP) is 3.23. The number of nitrogens with zero attached hydrogens (tertiary/aromatic N) is 1. The minimum atomic E-state index is -1.49. The monoisotopic (exact) mass is 779 g/mol. The van der Waals surface area contributed by atoms with Gasteiger partial charge in [-0.1, -0.05) is 6.07 Å². The minimum absolute atomic E-state index is 0.0740. The number of carbonyl (C=O) groups excluding carboxylic acids is 1. The molecule has 5 aliphatic heterocycles. The second-order valence-corrected chi connectivity index (χ2v) is 16.3. The third-order valence-electron chi connectivity index (χ3n) is 12.8. The minimum Gasteiger partial charge on any atom is -0.506 e. The van der Waals surface area contributed by atoms with Crippen molar-refractivity contribution in [1.29, 1.82) is 0 Å². The molecule has 11 atom stereocenters. The van der Waals surface area contributed by atoms with Gasteiger partial charge in [-0.15, -0.1) is 0 Å². The molecule has 0 radical (unpaired) electrons. The first kappa shape index (κ1) is 36.5. The van der Waals surface area contributed by atoms with Gasteiger partial charge in [-0.3, -0.25) is 9.59 Å². The van der Waals surface area contributed by atoms with E-state index in [1.165, 1.54) is 0 Å². The van der Waals surface area contributed by atoms with Gasteiger partial charge in [0.05, 0.1) is 60.5 Å². The molecule has 56 heavy (non-hydrogen) atoms. The van der Waals surface area contributed by atoms with Crippen LogP contribution in [0.2, 0.25) is 0 Å². The first-order chi connectivity index (χ1) is 26.8. The van der Waals surface area contributed by atoms with Crippen molar-refractivity contribution in [2.24, 2.45) is 0 Å². The van der Waals surface area contributed by atoms with Crippen LogP contribution in [0.4, 0.5) is 0 Å². The molecule has 0 unspecified atom stereocenters. The summed E-state index contributed by atoms with van der Waals surface area (Å²) in [5.41, 5.74) is -0.111. The van der Waals surface area contributed by atoms with E-state index in [0.29, 0.717) is 61.9 Å². The van der Waals surface area contributed by atoms with Crippen molar-refractivity contribution in [2.75, 3.05) is 19.9 Å². The average molecular weight is 780 g/mol. The maximum atomic E-state index is 14.4. The summed E-state index contributed by atoms with van der Waals surface area (Å²) >= 11 is 0. The Balaban J connectivity index is 0.981. The van der Waals surface area contributed by atoms with E-state index in [1.807, 2.05) is 19.9 Å². The standard InChI is InChI=1S/C40H45NO15/c1-15-19(42)4-6-24(52-15)54-21-5-7-25(53-16(21)2)55-23-12-20(43)28-34(46)31-35(47)30-26-17(10-18-13-40(3)41(8-9-51-40)39(48)27(18)33(26)45)11-22-29(30)37(50-14-49-22)38(31)56-36(28)32(23)44/h10,15-16,19-25,32,42-45,47H,4-9,11-14H2,1-3H3/t15-,16+,19+,20+,21-,22+,23-,24-,25+,32+,40+/m1/s1. The van der Waals surface area contributed by atoms with Crippen molar-refractivity contribution in [3.8, 4) is 28.4 Å². The van der Waals surface area contributed by atoms with Crippen LogP contribution >= 0.6 is 0 Å². The fourth-order valence-corrected chi connectivity index (χ4v) is 9.92. The number of phenols is 2. The Hall–Kier alpha value is -3.84. The van der Waals surface area contributed by atoms with Crippen molar-refractivity contribution < 1.29 is 67.9 Å². The fraction of sp³-hybridized carbons (Fsp3) is 0.600. The zero-order valence-electron chi connectivity index (χ0n) is 31.2. The fourth-order valence-electron chi connectivity index (χ4n) is 9.92. The van der Waals surface area contributed by atoms with E-state index in [0.717, 1.165) is 0 Å². The van der Waals surface area contributed by atoms with Crippen LogP contribution in [0.3, 0.4) is 0 Å². The van der Waals surface area contributed by atoms with Gasteiger partial charge in [0.1, 0.15) is 34.5 Å². The van der Waals surface area contributed by atoms with Crippen LogP contribution in [-0.4, -0.2) is 105 Å². The number of amides is 1. The Kier molecular flexibility index (Phi) is 8.53. The van der Waals surface area contributed by atoms with E-state index in [2.05, 4.69) is 0 Å². The first-order valence-electron chi connectivity index (χ1n) is 19.5. The van der Waals surface area contributed by atoms with E-state index in [-0.39, 0.29) is 82.3 Å². The molecule has 10 rings (SSSR count). The molecule has 5 N–H and O–H groups in total. The number of hydrogen-bond acceptors (Lipinski definition) is 15. The van der Waals surface area contributed by atoms with Crippen LogP contribution in [0.15, 0.2) is 15.3 Å². The second-order valence-electron chi connectivity index (χ2n) is 16.3. The lowest BCUT2D eigenvalue weighted by Gasteiger charge is -2.41. The molecular weight excluding hydrogens is 734 g/mol. The van der Waals surface area contributed by atoms with Gasteiger partial charge in [-0.05, 0) is 44.7 Å². The number of carbonyl (C=O) groups is 1. The van der Waals surface area contributed by atoms with Crippen molar-refractivity contribution in [3.63, 3.8) is 0 Å². The largest absolute Gasteiger partial charge is 0.506 e. The predicted molar refractivity (Wildman–Crippen MR) is 191 cm³/mol. The number of aliphatic hydroxyl groups is 3. The Labute approximate surface area is 320 Å². The van der Waals surface area contributed by atoms with E-state index >= 15 is 0 Å². The Bertz CT molecular complexity index is 2200. The highest BCUT2D eigenvalue weighted by atomic mass is 16.7. The van der Waals surface area contributed by atoms with E-state index in [9.17, 15) is 35.1 Å². The van der Waals surface area contributed by atoms with Crippen molar-refractivity contribution in [2.45, 2.75) is 133 Å². The van der Waals surface area contributed by atoms with Crippen LogP contribution in [-0.2, 0) is 41.3 Å². The summed E-state index contributed by atoms with van der Waals surface area (Å²) in [6.45, 7) is 6.02. The molecule has 0 bridgehead atoms. The normalized spacial score (nSPS) is 36.0. The lowest BCUT2D eigenvalue weighted by atomic mass is 9.77. The maximum absolute atomic E-state index is 14.4. The van der Waals surface area contributed by atoms with Crippen LogP contribution in [0, 0.1) is 0 Å². The van der Waals surface area contributed by atoms with E-state index < -0.39 is 72.0 Å². The van der Waals surface area contributed by atoms with Gasteiger partial charge < -0.3 is 68.0 Å². The molecule has 300 valence electrons. The van der Waals surface area contributed by atoms with Crippen molar-refractivity contribution >= 4 is 16.9 Å². The summed E-state index contributed by atoms with van der Waals surface area (Å²) in [4.78, 5) is 29.8. The molecule has 0 spiro atoms. The summed E-state index contributed by atoms with van der Waals surface area (Å²) in [5, 5.41) is 56.7. The average Bonchev–Trinajstić information content (AvgIpc) is 3.55. The van der Waals surface area contributed by atoms with Crippen LogP contribution in [0.25, 0.3) is 22.1 Å². The molecule has 3 saturated heterocycles. The molecule has 0 saturated carbocycles. The topological polar surface area (TPSA) is 216 Å². The van der Waals surface area contributed by atoms with E-state index in [1.54, 1.807) is 11.8 Å². The van der Waals surface area contributed by atoms with Gasteiger partial charge in [0, 0.05) is 55.3 Å². The van der Waals surface area contributed by atoms with Crippen molar-refractivity contribution in [1.82, 2.24) is 4.90 Å². The molecule has 3 aromatic rings. The summed E-state index contributed by atoms with van der Waals surface area (Å²) in [7, 11) is 0. The number of ether oxygens (including phenoxy) is 7. The van der Waals surface area contributed by atoms with Crippen LogP contribution < -0.4 is 10.2 Å². The Morgan fingerprint density at radius 2 is 1.62 bits per heavy atom. The Morgan fingerprint density at radius 1 is 0.875 bits per heavy atom. The third-order valence-corrected chi connectivity index (χ3v) is 12.8. The first-order valence-corrected chi connectivity index (χ1v) is 19.5. The molecule has 2 aliphatic carbocycles. The second kappa shape index (κ2) is 13.1. The molecular formula is C40H45NO15. The molecule has 7 aliphatic rings. The van der Waals surface area contributed by atoms with Crippen LogP contribution in [0.5, 0.6) is 17.2 Å². The van der Waals surface area contributed by atoms with E-state index in [4.69, 9.17) is 37.6 Å². The molecule has 6 heterocycles. The zero-order chi connectivity index (χ0) is 38.9. The number of fused-ring (bicyclic) bond motifs is 7. The summed E-state index contributed by atoms with van der Waals surface area (Å²) < 4.78 is 48.5. The molecule has 1 amide bonds. The smallest absolute Gasteiger partial charge is 0.260 e. The molecule has 1 aromatic heterocycles. The van der Waals surface area contributed by atoms with Gasteiger partial charge in [0.2, 0.25) is 5.43 Å². The van der Waals surface area contributed by atoms with Gasteiger partial charge >= 0.3 is 0 Å². The Morgan fingerprint density at radius 3 is 2.39 bits per heavy atom. The number of aliphatic hydroxyl groups excluding tert-OH is 3. The third kappa shape index (κ3) is 5.38. The number of aromatic hydroxyl groups is 2. The number of benzene rings is 2.